The van der Waals surface area contributed by atoms with Crippen molar-refractivity contribution >= 4 is 15.7 Å². The molecule has 1 heterocycles. The van der Waals surface area contributed by atoms with Crippen LogP contribution in [0.2, 0.25) is 0 Å². The van der Waals surface area contributed by atoms with Crippen molar-refractivity contribution in [3.8, 4) is 0 Å². The van der Waals surface area contributed by atoms with Crippen LogP contribution in [0.15, 0.2) is 35.2 Å². The molecule has 1 amide bonds. The molecule has 1 aliphatic heterocycles. The predicted octanol–water partition coefficient (Wildman–Crippen LogP) is 1.22. The first-order valence-electron chi connectivity index (χ1n) is 7.14. The van der Waals surface area contributed by atoms with E-state index in [1.54, 1.807) is 18.2 Å². The van der Waals surface area contributed by atoms with E-state index >= 15 is 0 Å². The molecule has 1 N–H and O–H groups in total. The Balaban J connectivity index is 1.86. The maximum atomic E-state index is 12.1. The van der Waals surface area contributed by atoms with E-state index < -0.39 is 15.4 Å². The number of rotatable bonds is 6. The molecule has 2 rings (SSSR count). The smallest absolute Gasteiger partial charge is 0.223 e. The highest BCUT2D eigenvalue weighted by Gasteiger charge is 2.42. The monoisotopic (exact) mass is 311 g/mol. The summed E-state index contributed by atoms with van der Waals surface area (Å²) in [7, 11) is -3.42. The van der Waals surface area contributed by atoms with Crippen LogP contribution >= 0.6 is 0 Å². The Bertz CT molecular complexity index is 591. The number of aliphatic hydroxyl groups is 1. The van der Waals surface area contributed by atoms with Gasteiger partial charge in [-0.15, -0.1) is 0 Å². The molecule has 1 fully saturated rings. The largest absolute Gasteiger partial charge is 0.386 e. The molecule has 1 aliphatic rings. The molecule has 0 unspecified atom stereocenters. The Hall–Kier alpha value is -1.40. The number of hydrogen-bond acceptors (Lipinski definition) is 4. The lowest BCUT2D eigenvalue weighted by molar-refractivity contribution is -0.156. The summed E-state index contributed by atoms with van der Waals surface area (Å²) in [6, 6.07) is 8.13. The third-order valence-corrected chi connectivity index (χ3v) is 5.46. The van der Waals surface area contributed by atoms with Crippen LogP contribution in [-0.2, 0) is 14.6 Å². The van der Waals surface area contributed by atoms with E-state index in [2.05, 4.69) is 0 Å². The molecule has 116 valence electrons. The summed E-state index contributed by atoms with van der Waals surface area (Å²) in [4.78, 5) is 13.7. The minimum absolute atomic E-state index is 0.0422. The minimum Gasteiger partial charge on any atom is -0.386 e. The van der Waals surface area contributed by atoms with Gasteiger partial charge >= 0.3 is 0 Å². The van der Waals surface area contributed by atoms with E-state index in [1.807, 2.05) is 6.92 Å². The topological polar surface area (TPSA) is 74.7 Å². The van der Waals surface area contributed by atoms with E-state index in [0.29, 0.717) is 19.5 Å². The van der Waals surface area contributed by atoms with Gasteiger partial charge < -0.3 is 10.0 Å². The number of carbonyl (C=O) groups excluding carboxylic acids is 1. The van der Waals surface area contributed by atoms with Gasteiger partial charge in [0.15, 0.2) is 9.84 Å². The maximum Gasteiger partial charge on any atom is 0.223 e. The Morgan fingerprint density at radius 2 is 1.90 bits per heavy atom. The van der Waals surface area contributed by atoms with Crippen molar-refractivity contribution in [1.29, 1.82) is 0 Å². The fourth-order valence-corrected chi connectivity index (χ4v) is 3.84. The molecule has 0 saturated carbocycles. The van der Waals surface area contributed by atoms with E-state index in [-0.39, 0.29) is 23.0 Å². The molecule has 0 aromatic heterocycles. The summed E-state index contributed by atoms with van der Waals surface area (Å²) in [5.74, 6) is -0.409. The van der Waals surface area contributed by atoms with Crippen LogP contribution in [0.3, 0.4) is 0 Å². The minimum atomic E-state index is -3.42. The summed E-state index contributed by atoms with van der Waals surface area (Å²) in [6.45, 7) is 2.60. The summed E-state index contributed by atoms with van der Waals surface area (Å²) in [5, 5.41) is 10.0. The van der Waals surface area contributed by atoms with Crippen molar-refractivity contribution in [3.05, 3.63) is 30.3 Å². The van der Waals surface area contributed by atoms with Gasteiger partial charge in [-0.1, -0.05) is 31.5 Å². The van der Waals surface area contributed by atoms with Crippen LogP contribution in [0.4, 0.5) is 0 Å². The second kappa shape index (κ2) is 6.15. The molecule has 1 saturated heterocycles. The van der Waals surface area contributed by atoms with Crippen molar-refractivity contribution in [1.82, 2.24) is 4.90 Å². The van der Waals surface area contributed by atoms with Crippen LogP contribution < -0.4 is 0 Å². The number of β-amino-alcohol motifs (C(OH)–C–C–N with tert-alkyl or cyclic N) is 1. The van der Waals surface area contributed by atoms with Crippen LogP contribution in [0.1, 0.15) is 26.2 Å². The first-order valence-corrected chi connectivity index (χ1v) is 8.79. The van der Waals surface area contributed by atoms with Gasteiger partial charge in [0.2, 0.25) is 5.91 Å². The summed E-state index contributed by atoms with van der Waals surface area (Å²) in [5.41, 5.74) is -0.775. The molecular weight excluding hydrogens is 290 g/mol. The molecule has 5 nitrogen and oxygen atoms in total. The van der Waals surface area contributed by atoms with E-state index in [9.17, 15) is 18.3 Å². The molecule has 0 aliphatic carbocycles. The van der Waals surface area contributed by atoms with Crippen LogP contribution in [0.25, 0.3) is 0 Å². The van der Waals surface area contributed by atoms with Crippen molar-refractivity contribution in [2.45, 2.75) is 36.7 Å². The summed E-state index contributed by atoms with van der Waals surface area (Å²) in [6.07, 6.45) is 1.49. The van der Waals surface area contributed by atoms with Crippen LogP contribution in [-0.4, -0.2) is 48.8 Å². The molecule has 6 heteroatoms. The van der Waals surface area contributed by atoms with Gasteiger partial charge in [-0.2, -0.15) is 0 Å². The zero-order valence-electron chi connectivity index (χ0n) is 12.2. The van der Waals surface area contributed by atoms with Gasteiger partial charge in [0.25, 0.3) is 0 Å². The third-order valence-electron chi connectivity index (χ3n) is 3.73. The molecule has 0 spiro atoms. The molecule has 0 bridgehead atoms. The van der Waals surface area contributed by atoms with Crippen molar-refractivity contribution in [2.24, 2.45) is 0 Å². The van der Waals surface area contributed by atoms with Gasteiger partial charge in [-0.3, -0.25) is 4.79 Å². The average Bonchev–Trinajstić information content (AvgIpc) is 2.43. The van der Waals surface area contributed by atoms with Gasteiger partial charge in [0.1, 0.15) is 0 Å². The number of sulfone groups is 1. The first kappa shape index (κ1) is 16.0. The number of nitrogens with zero attached hydrogens (tertiary/aromatic N) is 1. The number of likely N-dealkylation sites (tertiary alicyclic amines) is 1. The predicted molar refractivity (Wildman–Crippen MR) is 79.5 cm³/mol. The highest BCUT2D eigenvalue weighted by atomic mass is 32.2. The lowest BCUT2D eigenvalue weighted by Crippen LogP contribution is -2.63. The molecule has 1 aromatic carbocycles. The average molecular weight is 311 g/mol. The number of amides is 1. The molecule has 0 radical (unpaired) electrons. The highest BCUT2D eigenvalue weighted by molar-refractivity contribution is 7.91. The lowest BCUT2D eigenvalue weighted by atomic mass is 9.89. The lowest BCUT2D eigenvalue weighted by Gasteiger charge is -2.46. The Labute approximate surface area is 125 Å². The summed E-state index contributed by atoms with van der Waals surface area (Å²) < 4.78 is 24.2. The second-order valence-electron chi connectivity index (χ2n) is 5.61. The molecule has 1 aromatic rings. The van der Waals surface area contributed by atoms with Gasteiger partial charge in [0, 0.05) is 6.42 Å². The molecule has 21 heavy (non-hydrogen) atoms. The second-order valence-corrected chi connectivity index (χ2v) is 7.72. The van der Waals surface area contributed by atoms with Crippen molar-refractivity contribution in [2.75, 3.05) is 18.8 Å². The van der Waals surface area contributed by atoms with Gasteiger partial charge in [-0.05, 0) is 18.6 Å². The number of benzene rings is 1. The van der Waals surface area contributed by atoms with Crippen molar-refractivity contribution in [3.63, 3.8) is 0 Å². The van der Waals surface area contributed by atoms with Gasteiger partial charge in [0.05, 0.1) is 29.3 Å². The Morgan fingerprint density at radius 1 is 1.29 bits per heavy atom. The van der Waals surface area contributed by atoms with Crippen LogP contribution in [0.5, 0.6) is 0 Å². The quantitative estimate of drug-likeness (QED) is 0.857. The third kappa shape index (κ3) is 3.83. The molecule has 0 atom stereocenters. The Kier molecular flexibility index (Phi) is 4.68. The zero-order valence-corrected chi connectivity index (χ0v) is 13.0. The zero-order chi connectivity index (χ0) is 15.5. The van der Waals surface area contributed by atoms with Crippen LogP contribution in [0, 0.1) is 0 Å². The number of hydrogen-bond donors (Lipinski definition) is 1. The molecular formula is C15H21NO4S. The SMILES string of the molecule is CCCC1(O)CN(C(=O)CCS(=O)(=O)c2ccccc2)C1. The van der Waals surface area contributed by atoms with E-state index in [1.165, 1.54) is 17.0 Å². The van der Waals surface area contributed by atoms with E-state index in [4.69, 9.17) is 0 Å². The first-order chi connectivity index (χ1) is 9.86. The van der Waals surface area contributed by atoms with Crippen molar-refractivity contribution < 1.29 is 18.3 Å². The van der Waals surface area contributed by atoms with E-state index in [0.717, 1.165) is 6.42 Å². The van der Waals surface area contributed by atoms with Gasteiger partial charge in [-0.25, -0.2) is 8.42 Å². The number of carbonyl (C=O) groups is 1. The fraction of sp³-hybridized carbons (Fsp3) is 0.533. The Morgan fingerprint density at radius 3 is 2.48 bits per heavy atom. The maximum absolute atomic E-state index is 12.1. The fourth-order valence-electron chi connectivity index (χ4n) is 2.59. The highest BCUT2D eigenvalue weighted by Crippen LogP contribution is 2.26. The normalized spacial score (nSPS) is 17.3. The summed E-state index contributed by atoms with van der Waals surface area (Å²) >= 11 is 0. The standard InChI is InChI=1S/C15H21NO4S/c1-2-9-15(18)11-16(12-15)14(17)8-10-21(19,20)13-6-4-3-5-7-13/h3-7,18H,2,8-12H2,1H3.